The van der Waals surface area contributed by atoms with Gasteiger partial charge in [-0.1, -0.05) is 53.5 Å². The predicted octanol–water partition coefficient (Wildman–Crippen LogP) is 5.14. The summed E-state index contributed by atoms with van der Waals surface area (Å²) in [6.45, 7) is 1.01. The molecule has 2 aromatic carbocycles. The molecule has 0 saturated heterocycles. The standard InChI is InChI=1S/C16H15Cl2N/c17-14-6-3-4-12(16(14)18)10-11-8-9-19-15-7-2-1-5-13(11)15/h1-7,11,19H,8-10H2. The van der Waals surface area contributed by atoms with E-state index in [2.05, 4.69) is 35.6 Å². The lowest BCUT2D eigenvalue weighted by Crippen LogP contribution is -2.18. The van der Waals surface area contributed by atoms with Gasteiger partial charge < -0.3 is 5.32 Å². The molecule has 2 aromatic rings. The number of benzene rings is 2. The van der Waals surface area contributed by atoms with Crippen molar-refractivity contribution in [3.63, 3.8) is 0 Å². The lowest BCUT2D eigenvalue weighted by molar-refractivity contribution is 0.624. The predicted molar refractivity (Wildman–Crippen MR) is 82.5 cm³/mol. The fourth-order valence-corrected chi connectivity index (χ4v) is 3.13. The van der Waals surface area contributed by atoms with Crippen molar-refractivity contribution in [1.29, 1.82) is 0 Å². The summed E-state index contributed by atoms with van der Waals surface area (Å²) < 4.78 is 0. The minimum atomic E-state index is 0.508. The summed E-state index contributed by atoms with van der Waals surface area (Å²) in [7, 11) is 0. The van der Waals surface area contributed by atoms with Crippen LogP contribution in [0.4, 0.5) is 5.69 Å². The van der Waals surface area contributed by atoms with Crippen molar-refractivity contribution in [2.45, 2.75) is 18.8 Å². The van der Waals surface area contributed by atoms with Gasteiger partial charge in [-0.25, -0.2) is 0 Å². The third-order valence-electron chi connectivity index (χ3n) is 3.71. The number of nitrogens with one attached hydrogen (secondary N) is 1. The number of rotatable bonds is 2. The van der Waals surface area contributed by atoms with Crippen LogP contribution in [0.3, 0.4) is 0 Å². The largest absolute Gasteiger partial charge is 0.385 e. The number of anilines is 1. The van der Waals surface area contributed by atoms with E-state index in [9.17, 15) is 0 Å². The summed E-state index contributed by atoms with van der Waals surface area (Å²) in [5.74, 6) is 0.508. The Bertz CT molecular complexity index is 595. The van der Waals surface area contributed by atoms with Crippen LogP contribution in [0.15, 0.2) is 42.5 Å². The monoisotopic (exact) mass is 291 g/mol. The molecule has 0 bridgehead atoms. The van der Waals surface area contributed by atoms with Crippen LogP contribution in [0.25, 0.3) is 0 Å². The molecule has 98 valence electrons. The van der Waals surface area contributed by atoms with E-state index in [1.807, 2.05) is 12.1 Å². The van der Waals surface area contributed by atoms with Crippen LogP contribution in [0.5, 0.6) is 0 Å². The quantitative estimate of drug-likeness (QED) is 0.808. The summed E-state index contributed by atoms with van der Waals surface area (Å²) >= 11 is 12.4. The Balaban J connectivity index is 1.91. The lowest BCUT2D eigenvalue weighted by Gasteiger charge is -2.27. The first-order valence-electron chi connectivity index (χ1n) is 6.51. The van der Waals surface area contributed by atoms with Gasteiger partial charge in [0.15, 0.2) is 0 Å². The Morgan fingerprint density at radius 1 is 1.05 bits per heavy atom. The number of hydrogen-bond acceptors (Lipinski definition) is 1. The van der Waals surface area contributed by atoms with Crippen molar-refractivity contribution in [2.24, 2.45) is 0 Å². The second-order valence-electron chi connectivity index (χ2n) is 4.92. The van der Waals surface area contributed by atoms with E-state index in [0.717, 1.165) is 24.9 Å². The minimum absolute atomic E-state index is 0.508. The number of para-hydroxylation sites is 1. The van der Waals surface area contributed by atoms with Crippen molar-refractivity contribution in [3.8, 4) is 0 Å². The highest BCUT2D eigenvalue weighted by Crippen LogP contribution is 2.36. The van der Waals surface area contributed by atoms with Crippen LogP contribution < -0.4 is 5.32 Å². The van der Waals surface area contributed by atoms with Crippen LogP contribution in [0.2, 0.25) is 10.0 Å². The summed E-state index contributed by atoms with van der Waals surface area (Å²) in [6.07, 6.45) is 2.07. The zero-order valence-electron chi connectivity index (χ0n) is 10.5. The van der Waals surface area contributed by atoms with Gasteiger partial charge in [0.2, 0.25) is 0 Å². The fourth-order valence-electron chi connectivity index (χ4n) is 2.73. The smallest absolute Gasteiger partial charge is 0.0624 e. The Morgan fingerprint density at radius 2 is 1.89 bits per heavy atom. The molecule has 1 atom stereocenters. The van der Waals surface area contributed by atoms with Crippen LogP contribution in [-0.2, 0) is 6.42 Å². The van der Waals surface area contributed by atoms with Crippen molar-refractivity contribution in [2.75, 3.05) is 11.9 Å². The Kier molecular flexibility index (Phi) is 3.67. The van der Waals surface area contributed by atoms with Crippen LogP contribution in [-0.4, -0.2) is 6.54 Å². The first-order valence-corrected chi connectivity index (χ1v) is 7.27. The van der Waals surface area contributed by atoms with E-state index in [0.29, 0.717) is 16.0 Å². The maximum Gasteiger partial charge on any atom is 0.0624 e. The topological polar surface area (TPSA) is 12.0 Å². The van der Waals surface area contributed by atoms with Gasteiger partial charge in [-0.05, 0) is 42.0 Å². The highest BCUT2D eigenvalue weighted by molar-refractivity contribution is 6.42. The summed E-state index contributed by atoms with van der Waals surface area (Å²) in [6, 6.07) is 14.4. The molecule has 19 heavy (non-hydrogen) atoms. The SMILES string of the molecule is Clc1cccc(CC2CCNc3ccccc32)c1Cl. The van der Waals surface area contributed by atoms with Gasteiger partial charge >= 0.3 is 0 Å². The maximum atomic E-state index is 6.29. The van der Waals surface area contributed by atoms with Crippen molar-refractivity contribution >= 4 is 28.9 Å². The Labute approximate surface area is 123 Å². The molecule has 1 heterocycles. The van der Waals surface area contributed by atoms with E-state index >= 15 is 0 Å². The molecular weight excluding hydrogens is 277 g/mol. The molecule has 0 amide bonds. The van der Waals surface area contributed by atoms with Crippen molar-refractivity contribution < 1.29 is 0 Å². The average molecular weight is 292 g/mol. The number of fused-ring (bicyclic) bond motifs is 1. The van der Waals surface area contributed by atoms with Gasteiger partial charge in [-0.15, -0.1) is 0 Å². The highest BCUT2D eigenvalue weighted by atomic mass is 35.5. The lowest BCUT2D eigenvalue weighted by atomic mass is 9.86. The van der Waals surface area contributed by atoms with Gasteiger partial charge in [0.1, 0.15) is 0 Å². The molecule has 1 nitrogen and oxygen atoms in total. The molecule has 1 aliphatic rings. The van der Waals surface area contributed by atoms with E-state index in [1.54, 1.807) is 0 Å². The Hall–Kier alpha value is -1.18. The molecule has 3 rings (SSSR count). The molecule has 0 fully saturated rings. The third-order valence-corrected chi connectivity index (χ3v) is 4.56. The highest BCUT2D eigenvalue weighted by Gasteiger charge is 2.20. The molecule has 0 spiro atoms. The average Bonchev–Trinajstić information content (AvgIpc) is 2.44. The Morgan fingerprint density at radius 3 is 2.79 bits per heavy atom. The van der Waals surface area contributed by atoms with E-state index in [1.165, 1.54) is 11.3 Å². The van der Waals surface area contributed by atoms with Gasteiger partial charge in [-0.2, -0.15) is 0 Å². The number of hydrogen-bond donors (Lipinski definition) is 1. The molecule has 1 aliphatic heterocycles. The molecule has 1 N–H and O–H groups in total. The second-order valence-corrected chi connectivity index (χ2v) is 5.70. The normalized spacial score (nSPS) is 17.7. The third kappa shape index (κ3) is 2.58. The summed E-state index contributed by atoms with van der Waals surface area (Å²) in [5.41, 5.74) is 3.76. The summed E-state index contributed by atoms with van der Waals surface area (Å²) in [5, 5.41) is 4.78. The van der Waals surface area contributed by atoms with Gasteiger partial charge in [0.05, 0.1) is 10.0 Å². The second kappa shape index (κ2) is 5.44. The van der Waals surface area contributed by atoms with Crippen LogP contribution in [0.1, 0.15) is 23.5 Å². The van der Waals surface area contributed by atoms with E-state index in [4.69, 9.17) is 23.2 Å². The molecule has 1 unspecified atom stereocenters. The van der Waals surface area contributed by atoms with E-state index < -0.39 is 0 Å². The minimum Gasteiger partial charge on any atom is -0.385 e. The van der Waals surface area contributed by atoms with Gasteiger partial charge in [0.25, 0.3) is 0 Å². The number of halogens is 2. The molecule has 3 heteroatoms. The summed E-state index contributed by atoms with van der Waals surface area (Å²) in [4.78, 5) is 0. The van der Waals surface area contributed by atoms with Gasteiger partial charge in [-0.3, -0.25) is 0 Å². The molecule has 0 aromatic heterocycles. The maximum absolute atomic E-state index is 6.29. The van der Waals surface area contributed by atoms with Gasteiger partial charge in [0, 0.05) is 12.2 Å². The molecule has 0 aliphatic carbocycles. The first-order chi connectivity index (χ1) is 9.25. The van der Waals surface area contributed by atoms with E-state index in [-0.39, 0.29) is 0 Å². The zero-order valence-corrected chi connectivity index (χ0v) is 12.0. The van der Waals surface area contributed by atoms with Crippen molar-refractivity contribution in [1.82, 2.24) is 0 Å². The first kappa shape index (κ1) is 12.8. The van der Waals surface area contributed by atoms with Crippen LogP contribution in [0, 0.1) is 0 Å². The van der Waals surface area contributed by atoms with Crippen molar-refractivity contribution in [3.05, 3.63) is 63.6 Å². The molecule has 0 saturated carbocycles. The zero-order chi connectivity index (χ0) is 13.2. The molecule has 0 radical (unpaired) electrons. The fraction of sp³-hybridized carbons (Fsp3) is 0.250. The van der Waals surface area contributed by atoms with Crippen LogP contribution >= 0.6 is 23.2 Å². The molecular formula is C16H15Cl2N.